The molecule has 66 valence electrons. The largest absolute Gasteiger partial charge is 0.356 e. The maximum absolute atomic E-state index is 5.46. The van der Waals surface area contributed by atoms with E-state index in [1.807, 2.05) is 6.20 Å². The van der Waals surface area contributed by atoms with Crippen molar-refractivity contribution in [1.29, 1.82) is 0 Å². The number of ether oxygens (including phenoxy) is 1. The normalized spacial score (nSPS) is 23.8. The molecule has 2 heterocycles. The maximum atomic E-state index is 5.46. The van der Waals surface area contributed by atoms with Crippen LogP contribution in [0.5, 0.6) is 0 Å². The van der Waals surface area contributed by atoms with Crippen molar-refractivity contribution in [2.45, 2.75) is 6.23 Å². The van der Waals surface area contributed by atoms with Gasteiger partial charge in [0.15, 0.2) is 0 Å². The molecule has 1 aliphatic rings. The molecule has 12 heavy (non-hydrogen) atoms. The van der Waals surface area contributed by atoms with E-state index in [0.29, 0.717) is 0 Å². The summed E-state index contributed by atoms with van der Waals surface area (Å²) < 4.78 is 5.46. The summed E-state index contributed by atoms with van der Waals surface area (Å²) in [6.45, 7) is 2.58. The molecule has 0 aliphatic carbocycles. The number of hydrogen-bond donors (Lipinski definition) is 2. The number of thiazole rings is 1. The summed E-state index contributed by atoms with van der Waals surface area (Å²) >= 11 is 1.59. The van der Waals surface area contributed by atoms with Crippen LogP contribution in [0.15, 0.2) is 11.7 Å². The zero-order valence-corrected chi connectivity index (χ0v) is 7.43. The standard InChI is InChI=1S/C7H11N3OS/c1-2-11-6(3-8-1)10-7-4-9-5-12-7/h4-6,8,10H,1-3H2. The lowest BCUT2D eigenvalue weighted by Gasteiger charge is -2.24. The van der Waals surface area contributed by atoms with Gasteiger partial charge in [-0.25, -0.2) is 0 Å². The minimum Gasteiger partial charge on any atom is -0.356 e. The number of hydrogen-bond acceptors (Lipinski definition) is 5. The van der Waals surface area contributed by atoms with Crippen LogP contribution in [0.25, 0.3) is 0 Å². The van der Waals surface area contributed by atoms with Gasteiger partial charge in [0, 0.05) is 13.1 Å². The highest BCUT2D eigenvalue weighted by molar-refractivity contribution is 7.13. The Bertz CT molecular complexity index is 221. The average molecular weight is 185 g/mol. The van der Waals surface area contributed by atoms with Crippen molar-refractivity contribution < 1.29 is 4.74 Å². The van der Waals surface area contributed by atoms with Gasteiger partial charge in [0.1, 0.15) is 11.2 Å². The number of morpholine rings is 1. The fraction of sp³-hybridized carbons (Fsp3) is 0.571. The van der Waals surface area contributed by atoms with Gasteiger partial charge in [-0.1, -0.05) is 0 Å². The summed E-state index contributed by atoms with van der Waals surface area (Å²) in [5.41, 5.74) is 1.80. The Labute approximate surface area is 75.0 Å². The van der Waals surface area contributed by atoms with E-state index >= 15 is 0 Å². The van der Waals surface area contributed by atoms with Crippen LogP contribution in [-0.2, 0) is 4.74 Å². The summed E-state index contributed by atoms with van der Waals surface area (Å²) in [6, 6.07) is 0. The third kappa shape index (κ3) is 1.94. The summed E-state index contributed by atoms with van der Waals surface area (Å²) in [7, 11) is 0. The van der Waals surface area contributed by atoms with Crippen LogP contribution in [0.1, 0.15) is 0 Å². The quantitative estimate of drug-likeness (QED) is 0.704. The Balaban J connectivity index is 1.86. The predicted octanol–water partition coefficient (Wildman–Crippen LogP) is 0.501. The molecule has 5 heteroatoms. The highest BCUT2D eigenvalue weighted by Gasteiger charge is 2.12. The van der Waals surface area contributed by atoms with E-state index in [4.69, 9.17) is 4.74 Å². The van der Waals surface area contributed by atoms with Gasteiger partial charge >= 0.3 is 0 Å². The number of nitrogens with zero attached hydrogens (tertiary/aromatic N) is 1. The highest BCUT2D eigenvalue weighted by Crippen LogP contribution is 2.14. The van der Waals surface area contributed by atoms with Gasteiger partial charge in [-0.2, -0.15) is 0 Å². The monoisotopic (exact) mass is 185 g/mol. The van der Waals surface area contributed by atoms with E-state index in [0.717, 1.165) is 24.7 Å². The Morgan fingerprint density at radius 3 is 3.42 bits per heavy atom. The van der Waals surface area contributed by atoms with Crippen LogP contribution in [0.4, 0.5) is 5.00 Å². The molecule has 1 aromatic heterocycles. The lowest BCUT2D eigenvalue weighted by atomic mass is 10.4. The van der Waals surface area contributed by atoms with E-state index in [2.05, 4.69) is 15.6 Å². The highest BCUT2D eigenvalue weighted by atomic mass is 32.1. The van der Waals surface area contributed by atoms with Crippen LogP contribution >= 0.6 is 11.3 Å². The van der Waals surface area contributed by atoms with Gasteiger partial charge in [0.25, 0.3) is 0 Å². The zero-order chi connectivity index (χ0) is 8.23. The van der Waals surface area contributed by atoms with Gasteiger partial charge < -0.3 is 15.4 Å². The number of rotatable bonds is 2. The topological polar surface area (TPSA) is 46.2 Å². The molecule has 0 radical (unpaired) electrons. The summed E-state index contributed by atoms with van der Waals surface area (Å²) in [5.74, 6) is 0. The fourth-order valence-electron chi connectivity index (χ4n) is 1.10. The van der Waals surface area contributed by atoms with Crippen LogP contribution in [-0.4, -0.2) is 30.9 Å². The third-order valence-electron chi connectivity index (χ3n) is 1.66. The molecule has 0 aromatic carbocycles. The Morgan fingerprint density at radius 1 is 1.75 bits per heavy atom. The molecule has 0 bridgehead atoms. The van der Waals surface area contributed by atoms with Crippen molar-refractivity contribution in [3.8, 4) is 0 Å². The number of anilines is 1. The Kier molecular flexibility index (Phi) is 2.55. The van der Waals surface area contributed by atoms with Crippen molar-refractivity contribution in [3.05, 3.63) is 11.7 Å². The molecule has 1 atom stereocenters. The molecule has 1 unspecified atom stereocenters. The van der Waals surface area contributed by atoms with Gasteiger partial charge in [-0.3, -0.25) is 4.98 Å². The van der Waals surface area contributed by atoms with E-state index in [9.17, 15) is 0 Å². The lowest BCUT2D eigenvalue weighted by molar-refractivity contribution is 0.0470. The SMILES string of the molecule is c1ncc(NC2CNCCO2)s1. The Hall–Kier alpha value is -0.650. The smallest absolute Gasteiger partial charge is 0.140 e. The number of nitrogens with one attached hydrogen (secondary N) is 2. The van der Waals surface area contributed by atoms with Crippen LogP contribution in [0.2, 0.25) is 0 Å². The predicted molar refractivity (Wildman–Crippen MR) is 48.3 cm³/mol. The Morgan fingerprint density at radius 2 is 2.75 bits per heavy atom. The van der Waals surface area contributed by atoms with Crippen molar-refractivity contribution in [3.63, 3.8) is 0 Å². The van der Waals surface area contributed by atoms with Crippen LogP contribution in [0.3, 0.4) is 0 Å². The first-order valence-corrected chi connectivity index (χ1v) is 4.80. The molecule has 0 spiro atoms. The summed E-state index contributed by atoms with van der Waals surface area (Å²) in [4.78, 5) is 3.97. The van der Waals surface area contributed by atoms with E-state index in [1.54, 1.807) is 16.8 Å². The zero-order valence-electron chi connectivity index (χ0n) is 6.62. The first-order valence-electron chi connectivity index (χ1n) is 3.92. The van der Waals surface area contributed by atoms with Crippen molar-refractivity contribution in [1.82, 2.24) is 10.3 Å². The number of aromatic nitrogens is 1. The molecule has 1 fully saturated rings. The van der Waals surface area contributed by atoms with Crippen LogP contribution < -0.4 is 10.6 Å². The lowest BCUT2D eigenvalue weighted by Crippen LogP contribution is -2.42. The molecule has 2 rings (SSSR count). The minimum absolute atomic E-state index is 0.0965. The molecule has 1 aromatic rings. The van der Waals surface area contributed by atoms with Gasteiger partial charge in [0.2, 0.25) is 0 Å². The molecule has 0 saturated carbocycles. The van der Waals surface area contributed by atoms with E-state index < -0.39 is 0 Å². The molecule has 1 saturated heterocycles. The summed E-state index contributed by atoms with van der Waals surface area (Å²) in [6.07, 6.45) is 1.90. The van der Waals surface area contributed by atoms with Crippen molar-refractivity contribution in [2.75, 3.05) is 25.0 Å². The maximum Gasteiger partial charge on any atom is 0.140 e. The van der Waals surface area contributed by atoms with E-state index in [-0.39, 0.29) is 6.23 Å². The van der Waals surface area contributed by atoms with Crippen LogP contribution in [0, 0.1) is 0 Å². The fourth-order valence-corrected chi connectivity index (χ4v) is 1.66. The first-order chi connectivity index (χ1) is 5.95. The first kappa shape index (κ1) is 7.97. The second-order valence-corrected chi connectivity index (χ2v) is 3.46. The van der Waals surface area contributed by atoms with Gasteiger partial charge in [-0.05, 0) is 0 Å². The molecule has 0 amide bonds. The second kappa shape index (κ2) is 3.84. The van der Waals surface area contributed by atoms with Gasteiger partial charge in [-0.15, -0.1) is 11.3 Å². The van der Waals surface area contributed by atoms with Gasteiger partial charge in [0.05, 0.1) is 18.3 Å². The second-order valence-electron chi connectivity index (χ2n) is 2.57. The molecule has 4 nitrogen and oxygen atoms in total. The summed E-state index contributed by atoms with van der Waals surface area (Å²) in [5, 5.41) is 7.54. The molecule has 1 aliphatic heterocycles. The van der Waals surface area contributed by atoms with Crippen molar-refractivity contribution in [2.24, 2.45) is 0 Å². The van der Waals surface area contributed by atoms with Crippen molar-refractivity contribution >= 4 is 16.3 Å². The van der Waals surface area contributed by atoms with E-state index in [1.165, 1.54) is 0 Å². The molecular formula is C7H11N3OS. The molecular weight excluding hydrogens is 174 g/mol. The molecule has 2 N–H and O–H groups in total. The minimum atomic E-state index is 0.0965. The average Bonchev–Trinajstić information content (AvgIpc) is 2.59. The third-order valence-corrected chi connectivity index (χ3v) is 2.37.